The molecule has 0 atom stereocenters. The van der Waals surface area contributed by atoms with E-state index in [2.05, 4.69) is 15.1 Å². The topological polar surface area (TPSA) is 99.8 Å². The van der Waals surface area contributed by atoms with Gasteiger partial charge >= 0.3 is 5.76 Å². The highest BCUT2D eigenvalue weighted by Gasteiger charge is 2.11. The molecule has 106 valence electrons. The number of nitrogens with two attached hydrogens (primary N) is 1. The van der Waals surface area contributed by atoms with E-state index in [1.807, 2.05) is 25.1 Å². The molecule has 3 aromatic rings. The molecule has 0 bridgehead atoms. The highest BCUT2D eigenvalue weighted by Crippen LogP contribution is 2.26. The van der Waals surface area contributed by atoms with Crippen molar-refractivity contribution in [1.82, 2.24) is 19.7 Å². The average Bonchev–Trinajstić information content (AvgIpc) is 2.80. The second-order valence-corrected chi connectivity index (χ2v) is 4.65. The lowest BCUT2D eigenvalue weighted by atomic mass is 10.0. The molecule has 0 unspecified atom stereocenters. The molecule has 0 aliphatic rings. The molecule has 2 heterocycles. The van der Waals surface area contributed by atoms with Gasteiger partial charge < -0.3 is 10.2 Å². The Morgan fingerprint density at radius 3 is 2.67 bits per heavy atom. The van der Waals surface area contributed by atoms with Crippen LogP contribution in [0, 0.1) is 6.92 Å². The summed E-state index contributed by atoms with van der Waals surface area (Å²) in [5, 5.41) is 4.04. The number of hydrogen-bond acceptors (Lipinski definition) is 6. The molecule has 7 heteroatoms. The fraction of sp³-hybridized carbons (Fsp3) is 0.143. The fourth-order valence-electron chi connectivity index (χ4n) is 1.97. The summed E-state index contributed by atoms with van der Waals surface area (Å²) in [5.74, 6) is 0.134. The van der Waals surface area contributed by atoms with Gasteiger partial charge in [-0.05, 0) is 24.6 Å². The molecule has 0 saturated carbocycles. The second kappa shape index (κ2) is 4.86. The Hall–Kier alpha value is -2.96. The number of anilines is 1. The maximum Gasteiger partial charge on any atom is 0.437 e. The van der Waals surface area contributed by atoms with Gasteiger partial charge in [0.1, 0.15) is 5.82 Å². The largest absolute Gasteiger partial charge is 0.437 e. The molecule has 0 saturated heterocycles. The molecule has 0 amide bonds. The highest BCUT2D eigenvalue weighted by molar-refractivity contribution is 5.70. The number of nitrogen functional groups attached to an aromatic ring is 1. The van der Waals surface area contributed by atoms with Gasteiger partial charge in [0.05, 0.1) is 18.1 Å². The van der Waals surface area contributed by atoms with E-state index in [1.165, 1.54) is 13.2 Å². The minimum absolute atomic E-state index is 0.271. The summed E-state index contributed by atoms with van der Waals surface area (Å²) in [6.45, 7) is 1.96. The molecule has 0 radical (unpaired) electrons. The number of aryl methyl sites for hydroxylation is 2. The van der Waals surface area contributed by atoms with Crippen LogP contribution < -0.4 is 11.5 Å². The van der Waals surface area contributed by atoms with Gasteiger partial charge in [-0.2, -0.15) is 4.68 Å². The van der Waals surface area contributed by atoms with E-state index in [4.69, 9.17) is 10.2 Å². The van der Waals surface area contributed by atoms with Crippen LogP contribution >= 0.6 is 0 Å². The zero-order valence-electron chi connectivity index (χ0n) is 11.6. The minimum Gasteiger partial charge on any atom is -0.388 e. The van der Waals surface area contributed by atoms with Gasteiger partial charge in [-0.1, -0.05) is 6.07 Å². The van der Waals surface area contributed by atoms with Crippen LogP contribution in [0.4, 0.5) is 5.82 Å². The fourth-order valence-corrected chi connectivity index (χ4v) is 1.97. The lowest BCUT2D eigenvalue weighted by Crippen LogP contribution is -2.09. The molecule has 7 nitrogen and oxygen atoms in total. The Labute approximate surface area is 120 Å². The Morgan fingerprint density at radius 1 is 1.24 bits per heavy atom. The van der Waals surface area contributed by atoms with E-state index < -0.39 is 5.76 Å². The van der Waals surface area contributed by atoms with Crippen molar-refractivity contribution in [2.45, 2.75) is 6.92 Å². The van der Waals surface area contributed by atoms with Crippen molar-refractivity contribution < 1.29 is 4.42 Å². The van der Waals surface area contributed by atoms with E-state index in [0.717, 1.165) is 15.8 Å². The summed E-state index contributed by atoms with van der Waals surface area (Å²) in [5.41, 5.74) is 8.85. The van der Waals surface area contributed by atoms with Gasteiger partial charge in [0, 0.05) is 18.2 Å². The molecule has 21 heavy (non-hydrogen) atoms. The Bertz CT molecular complexity index is 849. The average molecular weight is 283 g/mol. The van der Waals surface area contributed by atoms with Crippen molar-refractivity contribution in [3.63, 3.8) is 0 Å². The smallest absolute Gasteiger partial charge is 0.388 e. The second-order valence-electron chi connectivity index (χ2n) is 4.65. The number of rotatable bonds is 2. The number of hydrogen-bond donors (Lipinski definition) is 1. The van der Waals surface area contributed by atoms with Crippen molar-refractivity contribution in [2.24, 2.45) is 7.05 Å². The Morgan fingerprint density at radius 2 is 2.05 bits per heavy atom. The van der Waals surface area contributed by atoms with E-state index in [0.29, 0.717) is 17.1 Å². The van der Waals surface area contributed by atoms with Gasteiger partial charge in [-0.25, -0.2) is 9.78 Å². The molecular weight excluding hydrogens is 270 g/mol. The van der Waals surface area contributed by atoms with Gasteiger partial charge in [-0.3, -0.25) is 4.98 Å². The Kier molecular flexibility index (Phi) is 3.02. The van der Waals surface area contributed by atoms with Crippen molar-refractivity contribution >= 4 is 5.82 Å². The van der Waals surface area contributed by atoms with Crippen molar-refractivity contribution in [3.05, 3.63) is 46.7 Å². The summed E-state index contributed by atoms with van der Waals surface area (Å²) < 4.78 is 6.24. The first-order valence-electron chi connectivity index (χ1n) is 6.27. The van der Waals surface area contributed by atoms with Gasteiger partial charge in [0.25, 0.3) is 0 Å². The van der Waals surface area contributed by atoms with Crippen molar-refractivity contribution in [1.29, 1.82) is 0 Å². The summed E-state index contributed by atoms with van der Waals surface area (Å²) in [6.07, 6.45) is 3.11. The first kappa shape index (κ1) is 13.0. The summed E-state index contributed by atoms with van der Waals surface area (Å²) in [7, 11) is 1.54. The molecule has 2 N–H and O–H groups in total. The molecule has 0 aliphatic carbocycles. The SMILES string of the molecule is Cc1ccc(-c2nn(C)c(=O)o2)cc1-c1cnc(N)cn1. The molecule has 0 fully saturated rings. The molecule has 0 aliphatic heterocycles. The lowest BCUT2D eigenvalue weighted by Gasteiger charge is -2.06. The van der Waals surface area contributed by atoms with Crippen LogP contribution in [0.15, 0.2) is 39.8 Å². The van der Waals surface area contributed by atoms with Gasteiger partial charge in [0.2, 0.25) is 5.89 Å². The van der Waals surface area contributed by atoms with Crippen molar-refractivity contribution in [2.75, 3.05) is 5.73 Å². The lowest BCUT2D eigenvalue weighted by molar-refractivity contribution is 0.505. The van der Waals surface area contributed by atoms with E-state index in [1.54, 1.807) is 6.20 Å². The van der Waals surface area contributed by atoms with Crippen LogP contribution in [-0.2, 0) is 7.05 Å². The standard InChI is InChI=1S/C14H13N5O2/c1-8-3-4-9(13-18-19(2)14(20)21-13)5-10(8)11-6-17-12(15)7-16-11/h3-7H,1-2H3,(H2,15,17). The number of benzene rings is 1. The quantitative estimate of drug-likeness (QED) is 0.762. The number of aromatic nitrogens is 4. The summed E-state index contributed by atoms with van der Waals surface area (Å²) >= 11 is 0. The van der Waals surface area contributed by atoms with Gasteiger partial charge in [0.15, 0.2) is 0 Å². The normalized spacial score (nSPS) is 10.8. The predicted octanol–water partition coefficient (Wildman–Crippen LogP) is 1.39. The van der Waals surface area contributed by atoms with Crippen LogP contribution in [0.3, 0.4) is 0 Å². The third kappa shape index (κ3) is 2.40. The van der Waals surface area contributed by atoms with E-state index in [-0.39, 0.29) is 5.89 Å². The molecule has 3 rings (SSSR count). The third-order valence-electron chi connectivity index (χ3n) is 3.12. The minimum atomic E-state index is -0.501. The van der Waals surface area contributed by atoms with Crippen LogP contribution in [-0.4, -0.2) is 19.7 Å². The summed E-state index contributed by atoms with van der Waals surface area (Å²) in [4.78, 5) is 19.7. The van der Waals surface area contributed by atoms with Crippen LogP contribution in [0.25, 0.3) is 22.7 Å². The van der Waals surface area contributed by atoms with E-state index in [9.17, 15) is 4.79 Å². The maximum absolute atomic E-state index is 11.4. The first-order valence-corrected chi connectivity index (χ1v) is 6.27. The number of nitrogens with zero attached hydrogens (tertiary/aromatic N) is 4. The zero-order chi connectivity index (χ0) is 15.0. The van der Waals surface area contributed by atoms with Crippen LogP contribution in [0.2, 0.25) is 0 Å². The monoisotopic (exact) mass is 283 g/mol. The third-order valence-corrected chi connectivity index (χ3v) is 3.12. The first-order chi connectivity index (χ1) is 10.0. The van der Waals surface area contributed by atoms with E-state index >= 15 is 0 Å². The zero-order valence-corrected chi connectivity index (χ0v) is 11.6. The van der Waals surface area contributed by atoms with Crippen LogP contribution in [0.1, 0.15) is 5.56 Å². The van der Waals surface area contributed by atoms with Gasteiger partial charge in [-0.15, -0.1) is 5.10 Å². The predicted molar refractivity (Wildman–Crippen MR) is 77.4 cm³/mol. The highest BCUT2D eigenvalue weighted by atomic mass is 16.4. The molecule has 1 aromatic carbocycles. The molecule has 0 spiro atoms. The van der Waals surface area contributed by atoms with Crippen molar-refractivity contribution in [3.8, 4) is 22.7 Å². The maximum atomic E-state index is 11.4. The van der Waals surface area contributed by atoms with Crippen LogP contribution in [0.5, 0.6) is 0 Å². The summed E-state index contributed by atoms with van der Waals surface area (Å²) in [6, 6.07) is 5.62. The molecular formula is C14H13N5O2. The Balaban J connectivity index is 2.12. The molecule has 2 aromatic heterocycles.